The van der Waals surface area contributed by atoms with E-state index in [9.17, 15) is 36.3 Å². The number of nitrogens with zero attached hydrogens (tertiary/aromatic N) is 5. The van der Waals surface area contributed by atoms with Crippen LogP contribution in [0.4, 0.5) is 36.3 Å². The van der Waals surface area contributed by atoms with Crippen LogP contribution in [0.5, 0.6) is 0 Å². The third-order valence-corrected chi connectivity index (χ3v) is 13.7. The number of sulfonamides is 1. The number of β-amino-alcohol motifs (C(OH)–C–C–N with tert-alkyl or cyclic N) is 1. The van der Waals surface area contributed by atoms with Crippen LogP contribution in [0, 0.1) is 12.8 Å². The maximum atomic E-state index is 13.9. The quantitative estimate of drug-likeness (QED) is 0.185. The second-order valence-corrected chi connectivity index (χ2v) is 18.5. The van der Waals surface area contributed by atoms with Crippen LogP contribution in [0.2, 0.25) is 5.02 Å². The molecule has 7 rings (SSSR count). The molecule has 1 saturated carbocycles. The zero-order valence-electron chi connectivity index (χ0n) is 32.6. The van der Waals surface area contributed by atoms with E-state index in [-0.39, 0.29) is 41.1 Å². The fourth-order valence-corrected chi connectivity index (χ4v) is 10.3. The lowest BCUT2D eigenvalue weighted by Crippen LogP contribution is -2.48. The fraction of sp³-hybridized carbons (Fsp3) is 0.550. The van der Waals surface area contributed by atoms with Crippen molar-refractivity contribution in [3.8, 4) is 0 Å². The summed E-state index contributed by atoms with van der Waals surface area (Å²) in [5, 5.41) is 16.4. The van der Waals surface area contributed by atoms with Gasteiger partial charge in [-0.15, -0.1) is 0 Å². The van der Waals surface area contributed by atoms with Gasteiger partial charge in [0.25, 0.3) is 0 Å². The van der Waals surface area contributed by atoms with Crippen LogP contribution in [0.3, 0.4) is 0 Å². The normalized spacial score (nSPS) is 25.1. The van der Waals surface area contributed by atoms with Gasteiger partial charge in [-0.3, -0.25) is 19.8 Å². The molecule has 1 aliphatic carbocycles. The summed E-state index contributed by atoms with van der Waals surface area (Å²) < 4.78 is 71.6. The van der Waals surface area contributed by atoms with Gasteiger partial charge in [-0.05, 0) is 106 Å². The van der Waals surface area contributed by atoms with Gasteiger partial charge in [-0.2, -0.15) is 18.2 Å². The van der Waals surface area contributed by atoms with Crippen molar-refractivity contribution in [3.63, 3.8) is 0 Å². The number of nitrogens with one attached hydrogen (secondary N) is 3. The second-order valence-electron chi connectivity index (χ2n) is 16.4. The Kier molecular flexibility index (Phi) is 12.3. The molecule has 0 unspecified atom stereocenters. The van der Waals surface area contributed by atoms with Gasteiger partial charge in [0.1, 0.15) is 11.4 Å². The molecule has 0 spiro atoms. The smallest absolute Gasteiger partial charge is 0.388 e. The predicted octanol–water partition coefficient (Wildman–Crippen LogP) is 5.73. The van der Waals surface area contributed by atoms with E-state index in [1.807, 2.05) is 18.2 Å². The van der Waals surface area contributed by atoms with Crippen LogP contribution < -0.4 is 25.2 Å². The Morgan fingerprint density at radius 1 is 1.00 bits per heavy atom. The van der Waals surface area contributed by atoms with Gasteiger partial charge in [-0.1, -0.05) is 17.7 Å². The van der Waals surface area contributed by atoms with E-state index in [0.717, 1.165) is 75.9 Å². The SMILES string of the molecule is Cc1cc(S(=O)(=O)NC2CCC(CN3CCN(c4ccc([C@@H]5CCC(=O)NC5=O)c(Cl)c4)CC3)CC2)ccc1Nc1ncc(C(F)(F)F)c(N2CCC[C@](C)(O)C2)n1. The third-order valence-electron chi connectivity index (χ3n) is 11.8. The average Bonchev–Trinajstić information content (AvgIpc) is 3.16. The van der Waals surface area contributed by atoms with Crippen molar-refractivity contribution in [2.45, 2.75) is 93.8 Å². The van der Waals surface area contributed by atoms with Gasteiger partial charge in [0.05, 0.1) is 16.4 Å². The first-order valence-corrected chi connectivity index (χ1v) is 21.7. The molecule has 3 aromatic rings. The number of carbonyl (C=O) groups is 2. The number of benzene rings is 2. The largest absolute Gasteiger partial charge is 0.421 e. The molecule has 4 heterocycles. The number of piperidine rings is 2. The van der Waals surface area contributed by atoms with E-state index in [0.29, 0.717) is 54.4 Å². The number of piperazine rings is 1. The minimum atomic E-state index is -4.69. The Balaban J connectivity index is 0.891. The van der Waals surface area contributed by atoms with Crippen LogP contribution in [0.25, 0.3) is 0 Å². The van der Waals surface area contributed by atoms with Crippen LogP contribution in [0.1, 0.15) is 80.9 Å². The molecular formula is C40H50ClF3N8O5S. The van der Waals surface area contributed by atoms with E-state index >= 15 is 0 Å². The zero-order chi connectivity index (χ0) is 41.4. The van der Waals surface area contributed by atoms with Gasteiger partial charge in [0, 0.05) is 80.9 Å². The first-order chi connectivity index (χ1) is 27.4. The van der Waals surface area contributed by atoms with Gasteiger partial charge in [0.15, 0.2) is 0 Å². The molecular weight excluding hydrogens is 797 g/mol. The molecule has 18 heteroatoms. The first-order valence-electron chi connectivity index (χ1n) is 19.9. The molecule has 4 fully saturated rings. The second kappa shape index (κ2) is 16.9. The summed E-state index contributed by atoms with van der Waals surface area (Å²) in [4.78, 5) is 38.3. The number of aryl methyl sites for hydroxylation is 1. The maximum absolute atomic E-state index is 13.9. The van der Waals surface area contributed by atoms with Gasteiger partial charge < -0.3 is 20.2 Å². The average molecular weight is 847 g/mol. The summed E-state index contributed by atoms with van der Waals surface area (Å²) in [7, 11) is -3.84. The number of carbonyl (C=O) groups excluding carboxylic acids is 2. The summed E-state index contributed by atoms with van der Waals surface area (Å²) in [6, 6.07) is 10.1. The molecule has 314 valence electrons. The summed E-state index contributed by atoms with van der Waals surface area (Å²) in [5.41, 5.74) is 0.586. The molecule has 2 atom stereocenters. The van der Waals surface area contributed by atoms with Crippen molar-refractivity contribution in [1.82, 2.24) is 24.9 Å². The summed E-state index contributed by atoms with van der Waals surface area (Å²) in [6.45, 7) is 7.97. The van der Waals surface area contributed by atoms with E-state index < -0.39 is 33.3 Å². The molecule has 3 aliphatic heterocycles. The number of anilines is 4. The van der Waals surface area contributed by atoms with Gasteiger partial charge >= 0.3 is 6.18 Å². The number of rotatable bonds is 10. The monoisotopic (exact) mass is 846 g/mol. The van der Waals surface area contributed by atoms with Crippen molar-refractivity contribution in [3.05, 3.63) is 64.3 Å². The molecule has 2 amide bonds. The number of hydrogen-bond donors (Lipinski definition) is 4. The Hall–Kier alpha value is -4.03. The number of alkyl halides is 3. The number of halogens is 4. The Labute approximate surface area is 341 Å². The van der Waals surface area contributed by atoms with Crippen molar-refractivity contribution < 1.29 is 36.3 Å². The molecule has 1 aromatic heterocycles. The van der Waals surface area contributed by atoms with E-state index in [1.54, 1.807) is 19.9 Å². The molecule has 2 aromatic carbocycles. The topological polar surface area (TPSA) is 160 Å². The summed E-state index contributed by atoms with van der Waals surface area (Å²) >= 11 is 6.63. The number of aromatic nitrogens is 2. The van der Waals surface area contributed by atoms with Crippen molar-refractivity contribution in [2.75, 3.05) is 60.9 Å². The highest BCUT2D eigenvalue weighted by atomic mass is 35.5. The molecule has 0 radical (unpaired) electrons. The predicted molar refractivity (Wildman–Crippen MR) is 215 cm³/mol. The minimum absolute atomic E-state index is 0.00449. The fourth-order valence-electron chi connectivity index (χ4n) is 8.63. The Morgan fingerprint density at radius 3 is 2.40 bits per heavy atom. The molecule has 13 nitrogen and oxygen atoms in total. The molecule has 3 saturated heterocycles. The first kappa shape index (κ1) is 42.1. The lowest BCUT2D eigenvalue weighted by Gasteiger charge is -2.39. The molecule has 4 aliphatic rings. The van der Waals surface area contributed by atoms with E-state index in [1.165, 1.54) is 17.0 Å². The van der Waals surface area contributed by atoms with Crippen LogP contribution in [-0.4, -0.2) is 97.7 Å². The van der Waals surface area contributed by atoms with Crippen molar-refractivity contribution in [1.29, 1.82) is 0 Å². The zero-order valence-corrected chi connectivity index (χ0v) is 34.2. The highest BCUT2D eigenvalue weighted by Gasteiger charge is 2.39. The van der Waals surface area contributed by atoms with Gasteiger partial charge in [0.2, 0.25) is 27.8 Å². The molecule has 0 bridgehead atoms. The number of imide groups is 1. The molecule has 4 N–H and O–H groups in total. The third kappa shape index (κ3) is 9.87. The standard InChI is InChI=1S/C40H50ClF3N8O5S/c1-25-20-29(9-12-34(25)46-38-45-22-32(40(42,43)44)36(48-38)52-15-3-14-39(2,55)24-52)58(56,57)49-27-6-4-26(5-7-27)23-50-16-18-51(19-17-50)28-8-10-30(33(41)21-28)31-11-13-35(53)47-37(31)54/h8-10,12,20-22,26-27,31,49,55H,3-7,11,13-19,23-24H2,1-2H3,(H,45,46,48)(H,47,53,54)/t26?,27?,31-,39-/m0/s1. The van der Waals surface area contributed by atoms with Crippen LogP contribution >= 0.6 is 11.6 Å². The minimum Gasteiger partial charge on any atom is -0.388 e. The van der Waals surface area contributed by atoms with E-state index in [2.05, 4.69) is 35.1 Å². The van der Waals surface area contributed by atoms with Crippen molar-refractivity contribution in [2.24, 2.45) is 5.92 Å². The lowest BCUT2D eigenvalue weighted by molar-refractivity contribution is -0.138. The maximum Gasteiger partial charge on any atom is 0.421 e. The Morgan fingerprint density at radius 2 is 1.74 bits per heavy atom. The highest BCUT2D eigenvalue weighted by molar-refractivity contribution is 7.89. The van der Waals surface area contributed by atoms with Gasteiger partial charge in [-0.25, -0.2) is 18.1 Å². The number of hydrogen-bond acceptors (Lipinski definition) is 11. The number of aliphatic hydroxyl groups is 1. The van der Waals surface area contributed by atoms with Crippen LogP contribution in [0.15, 0.2) is 47.5 Å². The van der Waals surface area contributed by atoms with Crippen LogP contribution in [-0.2, 0) is 25.8 Å². The summed E-state index contributed by atoms with van der Waals surface area (Å²) in [6.07, 6.45) is 1.00. The Bertz CT molecular complexity index is 2130. The molecule has 58 heavy (non-hydrogen) atoms. The van der Waals surface area contributed by atoms with Crippen molar-refractivity contribution >= 4 is 56.6 Å². The highest BCUT2D eigenvalue weighted by Crippen LogP contribution is 2.38. The number of amides is 2. The summed E-state index contributed by atoms with van der Waals surface area (Å²) in [5.74, 6) is -0.925. The lowest BCUT2D eigenvalue weighted by atomic mass is 9.86. The van der Waals surface area contributed by atoms with E-state index in [4.69, 9.17) is 11.6 Å².